The predicted molar refractivity (Wildman–Crippen MR) is 281 cm³/mol. The average Bonchev–Trinajstić information content (AvgIpc) is 3.33. The first-order valence-corrected chi connectivity index (χ1v) is 27.6. The number of aliphatic hydroxyl groups is 5. The number of allylic oxidation sites excluding steroid dienone is 12. The van der Waals surface area contributed by atoms with Crippen molar-refractivity contribution in [2.45, 2.75) is 275 Å². The lowest BCUT2D eigenvalue weighted by molar-refractivity contribution is -0.302. The molecule has 67 heavy (non-hydrogen) atoms. The fraction of sp³-hybridized carbons (Fsp3) is 0.776. The van der Waals surface area contributed by atoms with Gasteiger partial charge in [0, 0.05) is 6.42 Å². The lowest BCUT2D eigenvalue weighted by Crippen LogP contribution is -2.60. The molecule has 9 nitrogen and oxygen atoms in total. The minimum Gasteiger partial charge on any atom is -0.394 e. The summed E-state index contributed by atoms with van der Waals surface area (Å²) in [6, 6.07) is -0.764. The monoisotopic (exact) mass is 942 g/mol. The Hall–Kier alpha value is -2.37. The fourth-order valence-corrected chi connectivity index (χ4v) is 8.48. The summed E-state index contributed by atoms with van der Waals surface area (Å²) in [5, 5.41) is 54.5. The lowest BCUT2D eigenvalue weighted by Gasteiger charge is -2.40. The number of carbonyl (C=O) groups excluding carboxylic acids is 1. The summed E-state index contributed by atoms with van der Waals surface area (Å²) in [6.45, 7) is 3.69. The van der Waals surface area contributed by atoms with Crippen LogP contribution in [0.3, 0.4) is 0 Å². The second-order valence-electron chi connectivity index (χ2n) is 19.0. The molecule has 7 atom stereocenters. The van der Waals surface area contributed by atoms with Crippen molar-refractivity contribution >= 4 is 5.91 Å². The SMILES string of the molecule is CC/C=C\C/C=C\C/C=C\C/C=C\C/C=C\C/C=C\CCC(=O)NC(COC1OC(CO)C(O)C(O)C1O)C(O)CCCCCCCCCCCCCCCCCCCCCCCCCCC. The standard InChI is InChI=1S/C58H103NO8/c1-3-5-7-9-11-13-15-17-19-21-23-24-25-26-27-28-30-31-33-35-37-39-41-43-45-47-52(61)51(50-66-58-57(65)56(64)55(63)53(49-60)67-58)59-54(62)48-46-44-42-40-38-36-34-32-29-22-20-18-16-14-12-10-8-6-4-2/h6,8,12,14,18,20,29,32,36,38,42,44,51-53,55-58,60-61,63-65H,3-5,7,9-11,13,15-17,19,21-28,30-31,33-35,37,39-41,43,45-50H2,1-2H3,(H,59,62)/b8-6-,14-12-,20-18-,32-29-,38-36-,44-42-. The van der Waals surface area contributed by atoms with Crippen molar-refractivity contribution < 1.29 is 39.8 Å². The maximum atomic E-state index is 13.0. The van der Waals surface area contributed by atoms with E-state index in [-0.39, 0.29) is 18.9 Å². The van der Waals surface area contributed by atoms with E-state index in [4.69, 9.17) is 9.47 Å². The molecule has 1 rings (SSSR count). The molecular weight excluding hydrogens is 839 g/mol. The Bertz CT molecular complexity index is 1280. The number of ether oxygens (including phenoxy) is 2. The predicted octanol–water partition coefficient (Wildman–Crippen LogP) is 13.3. The molecule has 0 aliphatic carbocycles. The number of nitrogens with one attached hydrogen (secondary N) is 1. The molecule has 0 bridgehead atoms. The summed E-state index contributed by atoms with van der Waals surface area (Å²) in [5.41, 5.74) is 0. The maximum absolute atomic E-state index is 13.0. The number of carbonyl (C=O) groups is 1. The summed E-state index contributed by atoms with van der Waals surface area (Å²) in [4.78, 5) is 13.0. The van der Waals surface area contributed by atoms with Crippen molar-refractivity contribution in [1.82, 2.24) is 5.32 Å². The lowest BCUT2D eigenvalue weighted by atomic mass is 9.99. The van der Waals surface area contributed by atoms with Gasteiger partial charge in [-0.05, 0) is 51.4 Å². The maximum Gasteiger partial charge on any atom is 0.220 e. The highest BCUT2D eigenvalue weighted by Crippen LogP contribution is 2.23. The van der Waals surface area contributed by atoms with E-state index in [1.807, 2.05) is 12.2 Å². The molecule has 1 aliphatic rings. The van der Waals surface area contributed by atoms with Crippen LogP contribution in [0.4, 0.5) is 0 Å². The van der Waals surface area contributed by atoms with Crippen LogP contribution in [0.2, 0.25) is 0 Å². The highest BCUT2D eigenvalue weighted by molar-refractivity contribution is 5.76. The van der Waals surface area contributed by atoms with Gasteiger partial charge in [-0.2, -0.15) is 0 Å². The quantitative estimate of drug-likeness (QED) is 0.0261. The molecular formula is C58H103NO8. The van der Waals surface area contributed by atoms with Crippen LogP contribution in [-0.2, 0) is 14.3 Å². The van der Waals surface area contributed by atoms with E-state index in [0.29, 0.717) is 12.8 Å². The number of rotatable bonds is 46. The van der Waals surface area contributed by atoms with Crippen LogP contribution in [0.15, 0.2) is 72.9 Å². The third-order valence-corrected chi connectivity index (χ3v) is 12.8. The molecule has 0 aromatic carbocycles. The smallest absolute Gasteiger partial charge is 0.220 e. The number of amides is 1. The van der Waals surface area contributed by atoms with E-state index in [2.05, 4.69) is 79.9 Å². The van der Waals surface area contributed by atoms with Gasteiger partial charge in [0.15, 0.2) is 6.29 Å². The van der Waals surface area contributed by atoms with E-state index in [1.165, 1.54) is 141 Å². The molecule has 1 aliphatic heterocycles. The van der Waals surface area contributed by atoms with Crippen molar-refractivity contribution in [2.75, 3.05) is 13.2 Å². The van der Waals surface area contributed by atoms with E-state index in [9.17, 15) is 30.3 Å². The van der Waals surface area contributed by atoms with Gasteiger partial charge in [-0.1, -0.05) is 247 Å². The van der Waals surface area contributed by atoms with Crippen LogP contribution in [0.5, 0.6) is 0 Å². The van der Waals surface area contributed by atoms with Crippen molar-refractivity contribution in [2.24, 2.45) is 0 Å². The summed E-state index contributed by atoms with van der Waals surface area (Å²) >= 11 is 0. The van der Waals surface area contributed by atoms with Crippen LogP contribution in [-0.4, -0.2) is 87.5 Å². The van der Waals surface area contributed by atoms with Crippen molar-refractivity contribution in [3.05, 3.63) is 72.9 Å². The van der Waals surface area contributed by atoms with Crippen molar-refractivity contribution in [1.29, 1.82) is 0 Å². The molecule has 7 unspecified atom stereocenters. The van der Waals surface area contributed by atoms with Crippen LogP contribution in [0.1, 0.15) is 232 Å². The molecule has 9 heteroatoms. The van der Waals surface area contributed by atoms with Gasteiger partial charge in [-0.3, -0.25) is 4.79 Å². The molecule has 0 aromatic rings. The number of hydrogen-bond donors (Lipinski definition) is 6. The van der Waals surface area contributed by atoms with Crippen LogP contribution in [0, 0.1) is 0 Å². The van der Waals surface area contributed by atoms with Gasteiger partial charge in [-0.25, -0.2) is 0 Å². The zero-order valence-electron chi connectivity index (χ0n) is 42.9. The van der Waals surface area contributed by atoms with Gasteiger partial charge in [0.25, 0.3) is 0 Å². The Morgan fingerprint density at radius 3 is 1.28 bits per heavy atom. The summed E-state index contributed by atoms with van der Waals surface area (Å²) in [7, 11) is 0. The van der Waals surface area contributed by atoms with Gasteiger partial charge in [0.05, 0.1) is 25.4 Å². The Morgan fingerprint density at radius 2 is 0.896 bits per heavy atom. The number of unbranched alkanes of at least 4 members (excludes halogenated alkanes) is 24. The average molecular weight is 942 g/mol. The van der Waals surface area contributed by atoms with Gasteiger partial charge in [-0.15, -0.1) is 0 Å². The first-order chi connectivity index (χ1) is 32.8. The molecule has 388 valence electrons. The minimum atomic E-state index is -1.57. The highest BCUT2D eigenvalue weighted by atomic mass is 16.7. The van der Waals surface area contributed by atoms with Gasteiger partial charge >= 0.3 is 0 Å². The molecule has 0 saturated carbocycles. The molecule has 1 saturated heterocycles. The summed E-state index contributed by atoms with van der Waals surface area (Å²) in [6.07, 6.45) is 58.0. The van der Waals surface area contributed by atoms with E-state index >= 15 is 0 Å². The largest absolute Gasteiger partial charge is 0.394 e. The minimum absolute atomic E-state index is 0.172. The third kappa shape index (κ3) is 37.2. The molecule has 1 fully saturated rings. The highest BCUT2D eigenvalue weighted by Gasteiger charge is 2.44. The molecule has 1 heterocycles. The summed E-state index contributed by atoms with van der Waals surface area (Å²) in [5.74, 6) is -0.226. The van der Waals surface area contributed by atoms with Crippen molar-refractivity contribution in [3.8, 4) is 0 Å². The Kier molecular flexibility index (Phi) is 44.2. The fourth-order valence-electron chi connectivity index (χ4n) is 8.48. The van der Waals surface area contributed by atoms with Crippen molar-refractivity contribution in [3.63, 3.8) is 0 Å². The second kappa shape index (κ2) is 47.3. The molecule has 0 aromatic heterocycles. The van der Waals surface area contributed by atoms with Gasteiger partial charge in [0.2, 0.25) is 5.91 Å². The molecule has 0 spiro atoms. The van der Waals surface area contributed by atoms with Gasteiger partial charge < -0.3 is 40.3 Å². The second-order valence-corrected chi connectivity index (χ2v) is 19.0. The van der Waals surface area contributed by atoms with Crippen LogP contribution < -0.4 is 5.32 Å². The van der Waals surface area contributed by atoms with Crippen LogP contribution >= 0.6 is 0 Å². The zero-order chi connectivity index (χ0) is 48.7. The molecule has 6 N–H and O–H groups in total. The zero-order valence-corrected chi connectivity index (χ0v) is 42.9. The molecule has 0 radical (unpaired) electrons. The Morgan fingerprint density at radius 1 is 0.522 bits per heavy atom. The third-order valence-electron chi connectivity index (χ3n) is 12.8. The van der Waals surface area contributed by atoms with E-state index < -0.39 is 49.5 Å². The Balaban J connectivity index is 2.27. The normalized spacial score (nSPS) is 20.3. The first kappa shape index (κ1) is 62.6. The van der Waals surface area contributed by atoms with E-state index in [1.54, 1.807) is 0 Å². The number of aliphatic hydroxyl groups excluding tert-OH is 5. The summed E-state index contributed by atoms with van der Waals surface area (Å²) < 4.78 is 11.3. The van der Waals surface area contributed by atoms with E-state index in [0.717, 1.165) is 57.8 Å². The first-order valence-electron chi connectivity index (χ1n) is 27.6. The van der Waals surface area contributed by atoms with Gasteiger partial charge in [0.1, 0.15) is 24.4 Å². The Labute approximate surface area is 410 Å². The topological polar surface area (TPSA) is 149 Å². The van der Waals surface area contributed by atoms with Crippen LogP contribution in [0.25, 0.3) is 0 Å². The molecule has 1 amide bonds. The number of hydrogen-bond acceptors (Lipinski definition) is 8.